The first kappa shape index (κ1) is 67.8. The Morgan fingerprint density at radius 3 is 1.08 bits per heavy atom. The van der Waals surface area contributed by atoms with Crippen LogP contribution in [-0.2, 0) is 28.8 Å². The lowest BCUT2D eigenvalue weighted by Crippen LogP contribution is -2.41. The van der Waals surface area contributed by atoms with Gasteiger partial charge in [-0.05, 0) is 32.1 Å². The molecule has 0 radical (unpaired) electrons. The molecular formula is C50H95N11O6S4. The van der Waals surface area contributed by atoms with Crippen molar-refractivity contribution in [2.75, 3.05) is 49.2 Å². The molecule has 0 aliphatic rings. The Morgan fingerprint density at radius 2 is 0.732 bits per heavy atom. The van der Waals surface area contributed by atoms with Crippen LogP contribution in [0.4, 0.5) is 0 Å². The standard InChI is InChI=1S/C50H95N11O6S4/c1-3-5-7-9-11-13-15-17-19-21-23-25-27-29-33-57-60-47(65)41-70-68-39-45(63)54-36-35-53-44(62)32-31-43(59-50(51)52)49(67)56-38-37-55-46(64)40-69-71-42-48(66)61-58-34-30-28-26-24-22-20-18-16-14-12-10-8-6-4-2/h33-34,43H,3-32,35-42H2,1-2H3,(H,53,62)(H,54,63)(H,55,64)(H,56,67)(H,60,65)(H,61,66)(H4,51,52,59)/b57-33-,58-34-/t43-/m0/s1. The third-order valence-corrected chi connectivity index (χ3v) is 15.4. The van der Waals surface area contributed by atoms with Gasteiger partial charge in [0.2, 0.25) is 23.6 Å². The van der Waals surface area contributed by atoms with E-state index in [2.05, 4.69) is 61.2 Å². The molecule has 410 valence electrons. The maximum Gasteiger partial charge on any atom is 0.250 e. The van der Waals surface area contributed by atoms with Gasteiger partial charge in [0.1, 0.15) is 6.04 Å². The van der Waals surface area contributed by atoms with Crippen molar-refractivity contribution in [1.29, 1.82) is 0 Å². The third-order valence-electron chi connectivity index (χ3n) is 11.1. The average molecular weight is 1070 g/mol. The summed E-state index contributed by atoms with van der Waals surface area (Å²) in [6.45, 7) is 5.16. The van der Waals surface area contributed by atoms with E-state index in [1.807, 2.05) is 0 Å². The van der Waals surface area contributed by atoms with E-state index in [4.69, 9.17) is 11.5 Å². The first-order valence-corrected chi connectivity index (χ1v) is 31.8. The molecule has 0 aromatic rings. The number of carbonyl (C=O) groups excluding carboxylic acids is 6. The molecule has 17 nitrogen and oxygen atoms in total. The number of guanidine groups is 1. The SMILES string of the molecule is CCCCCCCCCCCCCCC/C=N\NC(=O)CSSCC(=O)NCCNC(=O)CC[C@H](N=C(N)N)C(=O)NCCNC(=O)CSSCC(=O)N/N=C\CCCCCCCCCCCCCCC. The average Bonchev–Trinajstić information content (AvgIpc) is 3.35. The van der Waals surface area contributed by atoms with E-state index >= 15 is 0 Å². The number of nitrogens with one attached hydrogen (secondary N) is 6. The normalized spacial score (nSPS) is 11.6. The smallest absolute Gasteiger partial charge is 0.250 e. The lowest BCUT2D eigenvalue weighted by Gasteiger charge is -2.14. The van der Waals surface area contributed by atoms with E-state index in [0.29, 0.717) is 0 Å². The Balaban J connectivity index is 3.89. The van der Waals surface area contributed by atoms with Crippen LogP contribution in [-0.4, -0.2) is 109 Å². The monoisotopic (exact) mass is 1070 g/mol. The highest BCUT2D eigenvalue weighted by atomic mass is 33.1. The molecule has 0 spiro atoms. The van der Waals surface area contributed by atoms with Crippen molar-refractivity contribution in [3.8, 4) is 0 Å². The zero-order valence-electron chi connectivity index (χ0n) is 43.7. The summed E-state index contributed by atoms with van der Waals surface area (Å²) < 4.78 is 0. The van der Waals surface area contributed by atoms with Crippen LogP contribution < -0.4 is 43.6 Å². The molecule has 1 atom stereocenters. The summed E-state index contributed by atoms with van der Waals surface area (Å²) >= 11 is 0. The van der Waals surface area contributed by atoms with Crippen molar-refractivity contribution in [3.63, 3.8) is 0 Å². The number of aliphatic imine (C=N–C) groups is 1. The summed E-state index contributed by atoms with van der Waals surface area (Å²) in [4.78, 5) is 77.7. The van der Waals surface area contributed by atoms with Crippen LogP contribution in [0.5, 0.6) is 0 Å². The molecule has 0 saturated carbocycles. The predicted octanol–water partition coefficient (Wildman–Crippen LogP) is 8.80. The van der Waals surface area contributed by atoms with Crippen molar-refractivity contribution in [1.82, 2.24) is 32.1 Å². The van der Waals surface area contributed by atoms with Crippen LogP contribution in [0, 0.1) is 0 Å². The van der Waals surface area contributed by atoms with E-state index in [-0.39, 0.29) is 97.5 Å². The van der Waals surface area contributed by atoms with Gasteiger partial charge in [0, 0.05) is 45.0 Å². The summed E-state index contributed by atoms with van der Waals surface area (Å²) in [6.07, 6.45) is 39.1. The second-order valence-corrected chi connectivity index (χ2v) is 22.7. The van der Waals surface area contributed by atoms with Gasteiger partial charge < -0.3 is 32.7 Å². The molecule has 21 heteroatoms. The summed E-state index contributed by atoms with van der Waals surface area (Å²) in [6, 6.07) is -1.01. The fraction of sp³-hybridized carbons (Fsp3) is 0.820. The van der Waals surface area contributed by atoms with Gasteiger partial charge in [-0.2, -0.15) is 10.2 Å². The molecule has 0 aromatic heterocycles. The van der Waals surface area contributed by atoms with E-state index in [0.717, 1.165) is 25.7 Å². The first-order valence-electron chi connectivity index (χ1n) is 26.8. The van der Waals surface area contributed by atoms with Crippen LogP contribution >= 0.6 is 43.2 Å². The Hall–Kier alpha value is -3.17. The molecule has 0 heterocycles. The van der Waals surface area contributed by atoms with Crippen molar-refractivity contribution in [3.05, 3.63) is 0 Å². The number of hydrogen-bond donors (Lipinski definition) is 8. The number of amides is 6. The molecule has 10 N–H and O–H groups in total. The molecular weight excluding hydrogens is 979 g/mol. The number of nitrogens with zero attached hydrogens (tertiary/aromatic N) is 3. The van der Waals surface area contributed by atoms with Gasteiger partial charge in [0.05, 0.1) is 23.0 Å². The molecule has 0 saturated heterocycles. The van der Waals surface area contributed by atoms with Crippen LogP contribution in [0.15, 0.2) is 15.2 Å². The fourth-order valence-electron chi connectivity index (χ4n) is 7.12. The second kappa shape index (κ2) is 53.1. The number of unbranched alkanes of at least 4 members (excludes halogenated alkanes) is 26. The summed E-state index contributed by atoms with van der Waals surface area (Å²) in [5, 5.41) is 18.8. The van der Waals surface area contributed by atoms with Crippen LogP contribution in [0.2, 0.25) is 0 Å². The minimum absolute atomic E-state index is 0.0345. The Kier molecular flexibility index (Phi) is 50.8. The van der Waals surface area contributed by atoms with Gasteiger partial charge in [-0.1, -0.05) is 211 Å². The van der Waals surface area contributed by atoms with Gasteiger partial charge in [-0.3, -0.25) is 28.8 Å². The minimum atomic E-state index is -1.01. The molecule has 0 fully saturated rings. The lowest BCUT2D eigenvalue weighted by molar-refractivity contribution is -0.124. The molecule has 71 heavy (non-hydrogen) atoms. The molecule has 0 rings (SSSR count). The highest BCUT2D eigenvalue weighted by Crippen LogP contribution is 2.21. The van der Waals surface area contributed by atoms with Crippen LogP contribution in [0.1, 0.15) is 206 Å². The quantitative estimate of drug-likeness (QED) is 0.00934. The largest absolute Gasteiger partial charge is 0.370 e. The summed E-state index contributed by atoms with van der Waals surface area (Å²) in [5.41, 5.74) is 16.1. The number of rotatable bonds is 51. The number of carbonyl (C=O) groups is 6. The molecule has 0 unspecified atom stereocenters. The van der Waals surface area contributed by atoms with Crippen molar-refractivity contribution in [2.45, 2.75) is 213 Å². The number of hydrazone groups is 2. The van der Waals surface area contributed by atoms with Gasteiger partial charge in [0.25, 0.3) is 11.8 Å². The highest BCUT2D eigenvalue weighted by Gasteiger charge is 2.19. The van der Waals surface area contributed by atoms with Gasteiger partial charge in [-0.25, -0.2) is 15.8 Å². The Labute approximate surface area is 443 Å². The third kappa shape index (κ3) is 51.5. The molecule has 6 amide bonds. The number of nitrogens with two attached hydrogens (primary N) is 2. The Bertz CT molecular complexity index is 1460. The van der Waals surface area contributed by atoms with Crippen molar-refractivity contribution in [2.24, 2.45) is 26.7 Å². The van der Waals surface area contributed by atoms with E-state index in [1.165, 1.54) is 197 Å². The number of hydrogen-bond acceptors (Lipinski definition) is 13. The van der Waals surface area contributed by atoms with E-state index < -0.39 is 11.9 Å². The van der Waals surface area contributed by atoms with Crippen molar-refractivity contribution >= 4 is 97.0 Å². The van der Waals surface area contributed by atoms with Crippen molar-refractivity contribution < 1.29 is 28.8 Å². The van der Waals surface area contributed by atoms with Gasteiger partial charge in [0.15, 0.2) is 5.96 Å². The first-order chi connectivity index (χ1) is 34.6. The van der Waals surface area contributed by atoms with E-state index in [1.54, 1.807) is 12.4 Å². The maximum absolute atomic E-state index is 12.8. The highest BCUT2D eigenvalue weighted by molar-refractivity contribution is 8.77. The van der Waals surface area contributed by atoms with E-state index in [9.17, 15) is 28.8 Å². The molecule has 0 aliphatic carbocycles. The Morgan fingerprint density at radius 1 is 0.423 bits per heavy atom. The molecule has 0 bridgehead atoms. The summed E-state index contributed by atoms with van der Waals surface area (Å²) in [5.74, 6) is -1.53. The van der Waals surface area contributed by atoms with Crippen LogP contribution in [0.3, 0.4) is 0 Å². The minimum Gasteiger partial charge on any atom is -0.370 e. The summed E-state index contributed by atoms with van der Waals surface area (Å²) in [7, 11) is 5.01. The van der Waals surface area contributed by atoms with Crippen LogP contribution in [0.25, 0.3) is 0 Å². The predicted molar refractivity (Wildman–Crippen MR) is 305 cm³/mol. The molecule has 0 aromatic carbocycles. The maximum atomic E-state index is 12.8. The fourth-order valence-corrected chi connectivity index (χ4v) is 10.5. The zero-order valence-corrected chi connectivity index (χ0v) is 46.9. The van der Waals surface area contributed by atoms with Gasteiger partial charge in [-0.15, -0.1) is 0 Å². The second-order valence-electron chi connectivity index (χ2n) is 17.8. The lowest BCUT2D eigenvalue weighted by atomic mass is 10.0. The topological polar surface area (TPSA) is 264 Å². The zero-order chi connectivity index (χ0) is 52.1. The molecule has 0 aliphatic heterocycles. The van der Waals surface area contributed by atoms with Gasteiger partial charge >= 0.3 is 0 Å².